The van der Waals surface area contributed by atoms with Crippen molar-refractivity contribution in [3.63, 3.8) is 0 Å². The van der Waals surface area contributed by atoms with E-state index in [0.29, 0.717) is 17.3 Å². The van der Waals surface area contributed by atoms with Crippen LogP contribution in [0.1, 0.15) is 21.9 Å². The maximum atomic E-state index is 12.2. The molecule has 1 amide bonds. The van der Waals surface area contributed by atoms with Crippen molar-refractivity contribution in [3.05, 3.63) is 76.8 Å². The number of benzene rings is 1. The lowest BCUT2D eigenvalue weighted by Gasteiger charge is -2.04. The fourth-order valence-corrected chi connectivity index (χ4v) is 2.32. The molecule has 3 rings (SSSR count). The number of amides is 1. The monoisotopic (exact) mass is 326 g/mol. The van der Waals surface area contributed by atoms with Gasteiger partial charge in [-0.2, -0.15) is 5.10 Å². The van der Waals surface area contributed by atoms with E-state index in [1.54, 1.807) is 29.1 Å². The van der Waals surface area contributed by atoms with E-state index >= 15 is 0 Å². The SMILES string of the molecule is Cc1cc(C(=O)NCc2ccccn2)nn1-c1ccc(Cl)cc1. The zero-order chi connectivity index (χ0) is 16.2. The molecule has 1 aromatic carbocycles. The minimum absolute atomic E-state index is 0.230. The number of rotatable bonds is 4. The molecule has 23 heavy (non-hydrogen) atoms. The highest BCUT2D eigenvalue weighted by Crippen LogP contribution is 2.15. The van der Waals surface area contributed by atoms with Gasteiger partial charge in [0.15, 0.2) is 5.69 Å². The number of carbonyl (C=O) groups is 1. The minimum Gasteiger partial charge on any atom is -0.345 e. The van der Waals surface area contributed by atoms with Gasteiger partial charge in [-0.05, 0) is 49.4 Å². The Hall–Kier alpha value is -2.66. The van der Waals surface area contributed by atoms with Gasteiger partial charge in [-0.15, -0.1) is 0 Å². The van der Waals surface area contributed by atoms with Crippen LogP contribution in [0, 0.1) is 6.92 Å². The zero-order valence-electron chi connectivity index (χ0n) is 12.5. The van der Waals surface area contributed by atoms with Gasteiger partial charge in [0.2, 0.25) is 0 Å². The number of nitrogens with zero attached hydrogens (tertiary/aromatic N) is 3. The first kappa shape index (κ1) is 15.2. The molecular weight excluding hydrogens is 312 g/mol. The molecule has 6 heteroatoms. The summed E-state index contributed by atoms with van der Waals surface area (Å²) in [6.07, 6.45) is 1.70. The lowest BCUT2D eigenvalue weighted by Crippen LogP contribution is -2.23. The van der Waals surface area contributed by atoms with Crippen molar-refractivity contribution in [2.45, 2.75) is 13.5 Å². The predicted octanol–water partition coefficient (Wildman–Crippen LogP) is 3.16. The Morgan fingerprint density at radius 3 is 2.70 bits per heavy atom. The Morgan fingerprint density at radius 1 is 1.22 bits per heavy atom. The number of pyridine rings is 1. The fraction of sp³-hybridized carbons (Fsp3) is 0.118. The molecule has 2 aromatic heterocycles. The van der Waals surface area contributed by atoms with Crippen LogP contribution in [-0.2, 0) is 6.54 Å². The molecule has 2 heterocycles. The Labute approximate surface area is 138 Å². The van der Waals surface area contributed by atoms with E-state index < -0.39 is 0 Å². The van der Waals surface area contributed by atoms with Crippen molar-refractivity contribution >= 4 is 17.5 Å². The van der Waals surface area contributed by atoms with E-state index in [1.165, 1.54) is 0 Å². The molecule has 3 aromatic rings. The molecule has 0 aliphatic carbocycles. The topological polar surface area (TPSA) is 59.8 Å². The van der Waals surface area contributed by atoms with E-state index in [9.17, 15) is 4.79 Å². The van der Waals surface area contributed by atoms with E-state index in [4.69, 9.17) is 11.6 Å². The van der Waals surface area contributed by atoms with E-state index in [-0.39, 0.29) is 5.91 Å². The van der Waals surface area contributed by atoms with Gasteiger partial charge < -0.3 is 5.32 Å². The van der Waals surface area contributed by atoms with Crippen LogP contribution in [0.5, 0.6) is 0 Å². The molecular formula is C17H15ClN4O. The first-order valence-corrected chi connectivity index (χ1v) is 7.52. The summed E-state index contributed by atoms with van der Waals surface area (Å²) in [5.41, 5.74) is 2.90. The molecule has 0 unspecified atom stereocenters. The molecule has 1 N–H and O–H groups in total. The molecule has 0 fully saturated rings. The predicted molar refractivity (Wildman–Crippen MR) is 88.7 cm³/mol. The van der Waals surface area contributed by atoms with Crippen LogP contribution in [0.15, 0.2) is 54.7 Å². The number of hydrogen-bond donors (Lipinski definition) is 1. The van der Waals surface area contributed by atoms with Gasteiger partial charge in [-0.1, -0.05) is 17.7 Å². The zero-order valence-corrected chi connectivity index (χ0v) is 13.3. The maximum absolute atomic E-state index is 12.2. The van der Waals surface area contributed by atoms with Gasteiger partial charge >= 0.3 is 0 Å². The summed E-state index contributed by atoms with van der Waals surface area (Å²) in [6, 6.07) is 14.6. The second-order valence-electron chi connectivity index (χ2n) is 5.06. The van der Waals surface area contributed by atoms with Gasteiger partial charge in [0.25, 0.3) is 5.91 Å². The van der Waals surface area contributed by atoms with Crippen LogP contribution in [0.25, 0.3) is 5.69 Å². The highest BCUT2D eigenvalue weighted by Gasteiger charge is 2.13. The second-order valence-corrected chi connectivity index (χ2v) is 5.50. The summed E-state index contributed by atoms with van der Waals surface area (Å²) in [5, 5.41) is 7.84. The highest BCUT2D eigenvalue weighted by atomic mass is 35.5. The Kier molecular flexibility index (Phi) is 4.39. The molecule has 0 aliphatic rings. The van der Waals surface area contributed by atoms with Crippen LogP contribution in [-0.4, -0.2) is 20.7 Å². The minimum atomic E-state index is -0.230. The van der Waals surface area contributed by atoms with Crippen LogP contribution >= 0.6 is 11.6 Å². The molecule has 5 nitrogen and oxygen atoms in total. The third-order valence-electron chi connectivity index (χ3n) is 3.35. The number of aromatic nitrogens is 3. The van der Waals surface area contributed by atoms with Crippen LogP contribution in [0.2, 0.25) is 5.02 Å². The van der Waals surface area contributed by atoms with E-state index in [2.05, 4.69) is 15.4 Å². The highest BCUT2D eigenvalue weighted by molar-refractivity contribution is 6.30. The van der Waals surface area contributed by atoms with Gasteiger partial charge in [-0.3, -0.25) is 9.78 Å². The second kappa shape index (κ2) is 6.62. The molecule has 116 valence electrons. The van der Waals surface area contributed by atoms with Crippen molar-refractivity contribution in [3.8, 4) is 5.69 Å². The number of carbonyl (C=O) groups excluding carboxylic acids is 1. The molecule has 0 atom stereocenters. The third-order valence-corrected chi connectivity index (χ3v) is 3.60. The standard InChI is InChI=1S/C17H15ClN4O/c1-12-10-16(17(23)20-11-14-4-2-3-9-19-14)21-22(12)15-7-5-13(18)6-8-15/h2-10H,11H2,1H3,(H,20,23). The van der Waals surface area contributed by atoms with E-state index in [0.717, 1.165) is 17.1 Å². The Morgan fingerprint density at radius 2 is 2.00 bits per heavy atom. The van der Waals surface area contributed by atoms with Gasteiger partial charge in [-0.25, -0.2) is 4.68 Å². The summed E-state index contributed by atoms with van der Waals surface area (Å²) in [5.74, 6) is -0.230. The third kappa shape index (κ3) is 3.57. The maximum Gasteiger partial charge on any atom is 0.272 e. The fourth-order valence-electron chi connectivity index (χ4n) is 2.19. The van der Waals surface area contributed by atoms with Crippen molar-refractivity contribution in [2.75, 3.05) is 0 Å². The number of nitrogens with one attached hydrogen (secondary N) is 1. The number of aryl methyl sites for hydroxylation is 1. The molecule has 0 aliphatic heterocycles. The number of halogens is 1. The van der Waals surface area contributed by atoms with Crippen molar-refractivity contribution in [1.82, 2.24) is 20.1 Å². The molecule has 0 saturated carbocycles. The normalized spacial score (nSPS) is 10.5. The Bertz CT molecular complexity index is 812. The molecule has 0 bridgehead atoms. The van der Waals surface area contributed by atoms with Gasteiger partial charge in [0.1, 0.15) is 0 Å². The summed E-state index contributed by atoms with van der Waals surface area (Å²) in [6.45, 7) is 2.27. The van der Waals surface area contributed by atoms with Gasteiger partial charge in [0.05, 0.1) is 17.9 Å². The average molecular weight is 327 g/mol. The quantitative estimate of drug-likeness (QED) is 0.801. The first-order valence-electron chi connectivity index (χ1n) is 7.14. The average Bonchev–Trinajstić information content (AvgIpc) is 2.96. The first-order chi connectivity index (χ1) is 11.1. The largest absolute Gasteiger partial charge is 0.345 e. The summed E-state index contributed by atoms with van der Waals surface area (Å²) < 4.78 is 1.71. The van der Waals surface area contributed by atoms with Crippen LogP contribution in [0.3, 0.4) is 0 Å². The van der Waals surface area contributed by atoms with Crippen molar-refractivity contribution in [1.29, 1.82) is 0 Å². The smallest absolute Gasteiger partial charge is 0.272 e. The van der Waals surface area contributed by atoms with E-state index in [1.807, 2.05) is 37.3 Å². The summed E-state index contributed by atoms with van der Waals surface area (Å²) >= 11 is 5.89. The Balaban J connectivity index is 1.75. The van der Waals surface area contributed by atoms with Crippen LogP contribution < -0.4 is 5.32 Å². The van der Waals surface area contributed by atoms with Gasteiger partial charge in [0, 0.05) is 16.9 Å². The summed E-state index contributed by atoms with van der Waals surface area (Å²) in [7, 11) is 0. The lowest BCUT2D eigenvalue weighted by molar-refractivity contribution is 0.0945. The van der Waals surface area contributed by atoms with Crippen molar-refractivity contribution in [2.24, 2.45) is 0 Å². The molecule has 0 spiro atoms. The summed E-state index contributed by atoms with van der Waals surface area (Å²) in [4.78, 5) is 16.4. The van der Waals surface area contributed by atoms with Crippen LogP contribution in [0.4, 0.5) is 0 Å². The lowest BCUT2D eigenvalue weighted by atomic mass is 10.3. The molecule has 0 radical (unpaired) electrons. The number of hydrogen-bond acceptors (Lipinski definition) is 3. The van der Waals surface area contributed by atoms with Crippen molar-refractivity contribution < 1.29 is 4.79 Å². The molecule has 0 saturated heterocycles.